The first-order chi connectivity index (χ1) is 26.3. The molecule has 2 aliphatic carbocycles. The molecule has 7 aromatic carbocycles. The molecule has 11 rings (SSSR count). The summed E-state index contributed by atoms with van der Waals surface area (Å²) in [6.07, 6.45) is 15.6. The standard InChI is InChI=1S/C50H33NO2/c1-3-13-38-32(10-1)12-9-17-39(38)34-20-24-36(25-21-34)51(37-26-28-43-42-16-6-8-19-47(42)52-49(43)31-37)46-18-7-5-14-40(46)35-23-29-48-45(30-35)44-27-22-33-11-2-4-15-41(33)50(44)53-48/h1-31,38-39H. The van der Waals surface area contributed by atoms with Crippen molar-refractivity contribution in [2.24, 2.45) is 5.92 Å². The van der Waals surface area contributed by atoms with Gasteiger partial charge in [0, 0.05) is 61.8 Å². The second kappa shape index (κ2) is 11.9. The minimum absolute atomic E-state index is 0.284. The van der Waals surface area contributed by atoms with Crippen LogP contribution in [-0.4, -0.2) is 0 Å². The van der Waals surface area contributed by atoms with Crippen molar-refractivity contribution in [3.8, 4) is 11.1 Å². The number of hydrogen-bond donors (Lipinski definition) is 0. The van der Waals surface area contributed by atoms with Crippen LogP contribution < -0.4 is 4.90 Å². The Balaban J connectivity index is 1.07. The summed E-state index contributed by atoms with van der Waals surface area (Å²) < 4.78 is 12.9. The molecule has 2 heterocycles. The maximum Gasteiger partial charge on any atom is 0.143 e. The number of nitrogens with zero attached hydrogens (tertiary/aromatic N) is 1. The first-order valence-electron chi connectivity index (χ1n) is 18.2. The molecule has 53 heavy (non-hydrogen) atoms. The van der Waals surface area contributed by atoms with Crippen LogP contribution in [0.5, 0.6) is 0 Å². The van der Waals surface area contributed by atoms with E-state index >= 15 is 0 Å². The molecule has 0 aliphatic heterocycles. The lowest BCUT2D eigenvalue weighted by Gasteiger charge is -2.30. The summed E-state index contributed by atoms with van der Waals surface area (Å²) in [7, 11) is 0. The zero-order valence-electron chi connectivity index (χ0n) is 28.8. The Bertz CT molecular complexity index is 3020. The average Bonchev–Trinajstić information content (AvgIpc) is 3.79. The third-order valence-corrected chi connectivity index (χ3v) is 11.1. The van der Waals surface area contributed by atoms with Gasteiger partial charge >= 0.3 is 0 Å². The lowest BCUT2D eigenvalue weighted by atomic mass is 9.76. The highest BCUT2D eigenvalue weighted by atomic mass is 16.3. The summed E-state index contributed by atoms with van der Waals surface area (Å²) in [5, 5.41) is 6.78. The Labute approximate surface area is 306 Å². The number of hydrogen-bond acceptors (Lipinski definition) is 3. The van der Waals surface area contributed by atoms with E-state index in [4.69, 9.17) is 8.83 Å². The van der Waals surface area contributed by atoms with Gasteiger partial charge in [-0.05, 0) is 76.7 Å². The van der Waals surface area contributed by atoms with Gasteiger partial charge in [-0.3, -0.25) is 0 Å². The van der Waals surface area contributed by atoms with Crippen LogP contribution in [0.2, 0.25) is 0 Å². The van der Waals surface area contributed by atoms with E-state index in [1.807, 2.05) is 12.1 Å². The summed E-state index contributed by atoms with van der Waals surface area (Å²) >= 11 is 0. The minimum Gasteiger partial charge on any atom is -0.456 e. The fourth-order valence-corrected chi connectivity index (χ4v) is 8.50. The van der Waals surface area contributed by atoms with Crippen molar-refractivity contribution < 1.29 is 8.83 Å². The quantitative estimate of drug-likeness (QED) is 0.181. The molecule has 0 radical (unpaired) electrons. The van der Waals surface area contributed by atoms with Gasteiger partial charge in [0.25, 0.3) is 0 Å². The Kier molecular flexibility index (Phi) is 6.68. The Morgan fingerprint density at radius 2 is 1.23 bits per heavy atom. The van der Waals surface area contributed by atoms with Crippen molar-refractivity contribution in [2.45, 2.75) is 5.92 Å². The molecule has 0 N–H and O–H groups in total. The highest BCUT2D eigenvalue weighted by Gasteiger charge is 2.25. The van der Waals surface area contributed by atoms with Gasteiger partial charge in [-0.15, -0.1) is 0 Å². The minimum atomic E-state index is 0.284. The topological polar surface area (TPSA) is 29.5 Å². The number of allylic oxidation sites excluding steroid dienone is 8. The highest BCUT2D eigenvalue weighted by Crippen LogP contribution is 2.45. The van der Waals surface area contributed by atoms with Crippen LogP contribution in [0, 0.1) is 5.92 Å². The zero-order chi connectivity index (χ0) is 34.9. The fourth-order valence-electron chi connectivity index (χ4n) is 8.50. The third kappa shape index (κ3) is 4.82. The van der Waals surface area contributed by atoms with Crippen molar-refractivity contribution in [3.05, 3.63) is 199 Å². The molecule has 250 valence electrons. The van der Waals surface area contributed by atoms with Gasteiger partial charge < -0.3 is 13.7 Å². The normalized spacial score (nSPS) is 16.6. The van der Waals surface area contributed by atoms with Crippen molar-refractivity contribution in [1.29, 1.82) is 0 Å². The first kappa shape index (κ1) is 29.8. The molecule has 2 aliphatic rings. The SMILES string of the molecule is C1=CC2=CC=CC(c3ccc(N(c4ccc5c(c4)oc4ccccc45)c4ccccc4-c4ccc5oc6c7ccccc7ccc6c5c4)cc3)C2C=C1. The monoisotopic (exact) mass is 679 g/mol. The van der Waals surface area contributed by atoms with E-state index in [-0.39, 0.29) is 5.92 Å². The number of furan rings is 2. The molecule has 2 aromatic heterocycles. The molecule has 3 heteroatoms. The number of para-hydroxylation sites is 2. The summed E-state index contributed by atoms with van der Waals surface area (Å²) in [6.45, 7) is 0. The molecule has 0 saturated heterocycles. The number of fused-ring (bicyclic) bond motifs is 9. The molecule has 0 bridgehead atoms. The second-order valence-electron chi connectivity index (χ2n) is 14.0. The lowest BCUT2D eigenvalue weighted by Crippen LogP contribution is -2.15. The maximum atomic E-state index is 6.50. The predicted molar refractivity (Wildman–Crippen MR) is 220 cm³/mol. The molecule has 2 atom stereocenters. The third-order valence-electron chi connectivity index (χ3n) is 11.1. The molecule has 0 amide bonds. The summed E-state index contributed by atoms with van der Waals surface area (Å²) in [5.74, 6) is 0.626. The van der Waals surface area contributed by atoms with Crippen molar-refractivity contribution in [2.75, 3.05) is 4.90 Å². The van der Waals surface area contributed by atoms with E-state index in [0.717, 1.165) is 77.5 Å². The van der Waals surface area contributed by atoms with Gasteiger partial charge in [0.05, 0.1) is 5.69 Å². The molecule has 9 aromatic rings. The van der Waals surface area contributed by atoms with Crippen molar-refractivity contribution in [3.63, 3.8) is 0 Å². The molecular weight excluding hydrogens is 647 g/mol. The Morgan fingerprint density at radius 1 is 0.472 bits per heavy atom. The Hall–Kier alpha value is -6.84. The van der Waals surface area contributed by atoms with E-state index in [1.54, 1.807) is 0 Å². The largest absolute Gasteiger partial charge is 0.456 e. The number of benzene rings is 7. The molecule has 0 spiro atoms. The summed E-state index contributed by atoms with van der Waals surface area (Å²) in [6, 6.07) is 52.0. The molecular formula is C50H33NO2. The maximum absolute atomic E-state index is 6.50. The van der Waals surface area contributed by atoms with Gasteiger partial charge in [0.15, 0.2) is 0 Å². The molecule has 0 fully saturated rings. The van der Waals surface area contributed by atoms with E-state index in [0.29, 0.717) is 5.92 Å². The van der Waals surface area contributed by atoms with Gasteiger partial charge in [-0.1, -0.05) is 127 Å². The van der Waals surface area contributed by atoms with Crippen LogP contribution in [0.1, 0.15) is 11.5 Å². The van der Waals surface area contributed by atoms with Crippen LogP contribution in [-0.2, 0) is 0 Å². The summed E-state index contributed by atoms with van der Waals surface area (Å²) in [4.78, 5) is 2.36. The van der Waals surface area contributed by atoms with E-state index in [9.17, 15) is 0 Å². The zero-order valence-corrected chi connectivity index (χ0v) is 28.8. The van der Waals surface area contributed by atoms with Crippen LogP contribution in [0.25, 0.3) is 65.8 Å². The van der Waals surface area contributed by atoms with Gasteiger partial charge in [0.1, 0.15) is 22.3 Å². The van der Waals surface area contributed by atoms with E-state index in [1.165, 1.54) is 16.5 Å². The van der Waals surface area contributed by atoms with Crippen LogP contribution in [0.4, 0.5) is 17.1 Å². The molecule has 2 unspecified atom stereocenters. The van der Waals surface area contributed by atoms with E-state index < -0.39 is 0 Å². The second-order valence-corrected chi connectivity index (χ2v) is 14.0. The fraction of sp³-hybridized carbons (Fsp3) is 0.0400. The number of anilines is 3. The predicted octanol–water partition coefficient (Wildman–Crippen LogP) is 14.1. The first-order valence-corrected chi connectivity index (χ1v) is 18.2. The smallest absolute Gasteiger partial charge is 0.143 e. The summed E-state index contributed by atoms with van der Waals surface area (Å²) in [5.41, 5.74) is 11.7. The van der Waals surface area contributed by atoms with Crippen molar-refractivity contribution in [1.82, 2.24) is 0 Å². The van der Waals surface area contributed by atoms with Gasteiger partial charge in [-0.2, -0.15) is 0 Å². The Morgan fingerprint density at radius 3 is 2.17 bits per heavy atom. The lowest BCUT2D eigenvalue weighted by molar-refractivity contribution is 0.669. The average molecular weight is 680 g/mol. The molecule has 0 saturated carbocycles. The van der Waals surface area contributed by atoms with Crippen LogP contribution in [0.15, 0.2) is 203 Å². The van der Waals surface area contributed by atoms with Crippen molar-refractivity contribution >= 4 is 71.7 Å². The van der Waals surface area contributed by atoms with Gasteiger partial charge in [-0.25, -0.2) is 0 Å². The highest BCUT2D eigenvalue weighted by molar-refractivity contribution is 6.16. The van der Waals surface area contributed by atoms with Crippen LogP contribution in [0.3, 0.4) is 0 Å². The van der Waals surface area contributed by atoms with Crippen LogP contribution >= 0.6 is 0 Å². The molecule has 3 nitrogen and oxygen atoms in total. The van der Waals surface area contributed by atoms with Gasteiger partial charge in [0.2, 0.25) is 0 Å². The van der Waals surface area contributed by atoms with E-state index in [2.05, 4.69) is 181 Å². The number of rotatable bonds is 5.